The van der Waals surface area contributed by atoms with Crippen molar-refractivity contribution in [2.75, 3.05) is 9.80 Å². The molecule has 3 nitrogen and oxygen atoms in total. The average Bonchev–Trinajstić information content (AvgIpc) is 3.83. The van der Waals surface area contributed by atoms with E-state index < -0.39 is 0 Å². The molecule has 0 atom stereocenters. The highest BCUT2D eigenvalue weighted by Gasteiger charge is 2.36. The zero-order valence-electron chi connectivity index (χ0n) is 37.3. The normalized spacial score (nSPS) is 12.5. The monoisotopic (exact) mass is 863 g/mol. The minimum Gasteiger partial charge on any atom is -0.310 e. The lowest BCUT2D eigenvalue weighted by Crippen LogP contribution is -2.17. The SMILES string of the molecule is CC1(C)c2ccccc2-c2ccc(N(c3ccccc3)c3ccc(N(c4ccccc4)c4ccc(F)cc4)c(-c4ccc5c(c4)c4ccccc4n5-c4ccc(-c5ccccc5)cc4)c3)cc21. The Labute approximate surface area is 390 Å². The molecule has 0 saturated heterocycles. The van der Waals surface area contributed by atoms with Gasteiger partial charge in [0.15, 0.2) is 0 Å². The highest BCUT2D eigenvalue weighted by Crippen LogP contribution is 2.52. The second-order valence-corrected chi connectivity index (χ2v) is 17.9. The molecular weight excluding hydrogens is 818 g/mol. The first-order valence-electron chi connectivity index (χ1n) is 22.9. The Morgan fingerprint density at radius 3 is 1.64 bits per heavy atom. The molecule has 0 radical (unpaired) electrons. The molecule has 0 bridgehead atoms. The molecule has 0 fully saturated rings. The van der Waals surface area contributed by atoms with Gasteiger partial charge < -0.3 is 14.4 Å². The minimum absolute atomic E-state index is 0.164. The summed E-state index contributed by atoms with van der Waals surface area (Å²) >= 11 is 0. The van der Waals surface area contributed by atoms with Gasteiger partial charge in [0.05, 0.1) is 16.7 Å². The highest BCUT2D eigenvalue weighted by molar-refractivity contribution is 6.11. The van der Waals surface area contributed by atoms with Crippen LogP contribution >= 0.6 is 0 Å². The van der Waals surface area contributed by atoms with Gasteiger partial charge in [0, 0.05) is 55.9 Å². The maximum Gasteiger partial charge on any atom is 0.123 e. The van der Waals surface area contributed by atoms with Crippen molar-refractivity contribution < 1.29 is 4.39 Å². The molecule has 1 aromatic heterocycles. The number of aromatic nitrogens is 1. The van der Waals surface area contributed by atoms with Crippen LogP contribution in [0, 0.1) is 5.82 Å². The van der Waals surface area contributed by atoms with Crippen molar-refractivity contribution in [1.29, 1.82) is 0 Å². The van der Waals surface area contributed by atoms with Crippen molar-refractivity contribution in [3.63, 3.8) is 0 Å². The molecule has 4 heteroatoms. The van der Waals surface area contributed by atoms with Crippen LogP contribution in [0.15, 0.2) is 243 Å². The number of hydrogen-bond acceptors (Lipinski definition) is 2. The van der Waals surface area contributed by atoms with Crippen molar-refractivity contribution in [3.05, 3.63) is 260 Å². The maximum atomic E-state index is 14.6. The lowest BCUT2D eigenvalue weighted by atomic mass is 9.82. The number of nitrogens with zero attached hydrogens (tertiary/aromatic N) is 3. The Hall–Kier alpha value is -8.47. The molecule has 11 aromatic rings. The third kappa shape index (κ3) is 6.88. The van der Waals surface area contributed by atoms with Crippen LogP contribution in [0.2, 0.25) is 0 Å². The number of benzene rings is 10. The van der Waals surface area contributed by atoms with Gasteiger partial charge in [-0.1, -0.05) is 147 Å². The Bertz CT molecular complexity index is 3600. The molecule has 320 valence electrons. The second kappa shape index (κ2) is 16.2. The number of fused-ring (bicyclic) bond motifs is 6. The van der Waals surface area contributed by atoms with E-state index in [4.69, 9.17) is 0 Å². The molecule has 12 rings (SSSR count). The standard InChI is InChI=1S/C63H46FN3/c1-63(2)58-24-14-12-22-53(58)54-37-35-52(42-59(54)63)65(47-18-8-4-9-19-47)51-36-39-61(66(48-20-10-5-11-21-48)49-33-29-46(64)30-34-49)56(41-51)45-28-38-62-57(40-45)55-23-13-15-25-60(55)67(62)50-31-26-44(27-32-50)43-16-6-3-7-17-43/h3-42H,1-2H3. The predicted octanol–water partition coefficient (Wildman–Crippen LogP) is 17.5. The smallest absolute Gasteiger partial charge is 0.123 e. The van der Waals surface area contributed by atoms with Crippen molar-refractivity contribution in [3.8, 4) is 39.1 Å². The number of para-hydroxylation sites is 3. The molecule has 0 spiro atoms. The van der Waals surface area contributed by atoms with Crippen molar-refractivity contribution in [2.45, 2.75) is 19.3 Å². The summed E-state index contributed by atoms with van der Waals surface area (Å²) in [6, 6.07) is 85.3. The zero-order chi connectivity index (χ0) is 45.1. The van der Waals surface area contributed by atoms with Crippen molar-refractivity contribution in [1.82, 2.24) is 4.57 Å². The molecule has 1 heterocycles. The Morgan fingerprint density at radius 2 is 0.896 bits per heavy atom. The second-order valence-electron chi connectivity index (χ2n) is 17.9. The van der Waals surface area contributed by atoms with Crippen LogP contribution in [-0.4, -0.2) is 4.57 Å². The van der Waals surface area contributed by atoms with Crippen LogP contribution in [0.5, 0.6) is 0 Å². The average molecular weight is 864 g/mol. The first-order chi connectivity index (χ1) is 32.9. The number of anilines is 6. The molecule has 1 aliphatic carbocycles. The fourth-order valence-corrected chi connectivity index (χ4v) is 10.4. The van der Waals surface area contributed by atoms with Crippen molar-refractivity contribution >= 4 is 55.9 Å². The Morgan fingerprint density at radius 1 is 0.358 bits per heavy atom. The van der Waals surface area contributed by atoms with E-state index in [1.54, 1.807) is 0 Å². The highest BCUT2D eigenvalue weighted by atomic mass is 19.1. The summed E-state index contributed by atoms with van der Waals surface area (Å²) in [6.07, 6.45) is 0. The van der Waals surface area contributed by atoms with Gasteiger partial charge in [-0.15, -0.1) is 0 Å². The lowest BCUT2D eigenvalue weighted by molar-refractivity contribution is 0.628. The van der Waals surface area contributed by atoms with Crippen LogP contribution in [0.4, 0.5) is 38.5 Å². The summed E-state index contributed by atoms with van der Waals surface area (Å²) in [4.78, 5) is 4.61. The number of rotatable bonds is 9. The minimum atomic E-state index is -0.275. The fraction of sp³-hybridized carbons (Fsp3) is 0.0476. The summed E-state index contributed by atoms with van der Waals surface area (Å²) in [5.74, 6) is -0.275. The van der Waals surface area contributed by atoms with E-state index in [2.05, 4.69) is 241 Å². The first-order valence-corrected chi connectivity index (χ1v) is 22.9. The molecule has 10 aromatic carbocycles. The van der Waals surface area contributed by atoms with Crippen LogP contribution in [-0.2, 0) is 5.41 Å². The molecular formula is C63H46FN3. The van der Waals surface area contributed by atoms with E-state index in [-0.39, 0.29) is 11.2 Å². The molecule has 0 amide bonds. The van der Waals surface area contributed by atoms with E-state index in [0.717, 1.165) is 67.4 Å². The quantitative estimate of drug-likeness (QED) is 0.143. The van der Waals surface area contributed by atoms with E-state index in [9.17, 15) is 4.39 Å². The van der Waals surface area contributed by atoms with E-state index in [1.165, 1.54) is 50.9 Å². The third-order valence-electron chi connectivity index (χ3n) is 13.6. The number of halogens is 1. The summed E-state index contributed by atoms with van der Waals surface area (Å²) in [7, 11) is 0. The lowest BCUT2D eigenvalue weighted by Gasteiger charge is -2.31. The summed E-state index contributed by atoms with van der Waals surface area (Å²) in [5.41, 5.74) is 18.9. The Balaban J connectivity index is 1.07. The maximum absolute atomic E-state index is 14.6. The summed E-state index contributed by atoms with van der Waals surface area (Å²) < 4.78 is 17.0. The van der Waals surface area contributed by atoms with Gasteiger partial charge in [0.1, 0.15) is 5.82 Å². The van der Waals surface area contributed by atoms with E-state index >= 15 is 0 Å². The third-order valence-corrected chi connectivity index (χ3v) is 13.6. The summed E-state index contributed by atoms with van der Waals surface area (Å²) in [6.45, 7) is 4.67. The van der Waals surface area contributed by atoms with Gasteiger partial charge in [0.2, 0.25) is 0 Å². The first kappa shape index (κ1) is 40.1. The fourth-order valence-electron chi connectivity index (χ4n) is 10.4. The van der Waals surface area contributed by atoms with Gasteiger partial charge in [-0.2, -0.15) is 0 Å². The molecule has 0 unspecified atom stereocenters. The van der Waals surface area contributed by atoms with E-state index in [1.807, 2.05) is 18.2 Å². The summed E-state index contributed by atoms with van der Waals surface area (Å²) in [5, 5.41) is 2.33. The van der Waals surface area contributed by atoms with Crippen LogP contribution in [0.3, 0.4) is 0 Å². The molecule has 0 N–H and O–H groups in total. The Kier molecular flexibility index (Phi) is 9.69. The largest absolute Gasteiger partial charge is 0.310 e. The van der Waals surface area contributed by atoms with Crippen molar-refractivity contribution in [2.24, 2.45) is 0 Å². The zero-order valence-corrected chi connectivity index (χ0v) is 37.3. The van der Waals surface area contributed by atoms with Crippen LogP contribution in [0.1, 0.15) is 25.0 Å². The molecule has 0 saturated carbocycles. The van der Waals surface area contributed by atoms with Gasteiger partial charge in [-0.3, -0.25) is 0 Å². The topological polar surface area (TPSA) is 11.4 Å². The van der Waals surface area contributed by atoms with Crippen LogP contribution in [0.25, 0.3) is 60.9 Å². The molecule has 1 aliphatic rings. The van der Waals surface area contributed by atoms with Gasteiger partial charge in [-0.05, 0) is 148 Å². The van der Waals surface area contributed by atoms with Gasteiger partial charge in [0.25, 0.3) is 0 Å². The van der Waals surface area contributed by atoms with Crippen LogP contribution < -0.4 is 9.80 Å². The van der Waals surface area contributed by atoms with Gasteiger partial charge >= 0.3 is 0 Å². The molecule has 67 heavy (non-hydrogen) atoms. The molecule has 0 aliphatic heterocycles. The predicted molar refractivity (Wildman–Crippen MR) is 279 cm³/mol. The number of hydrogen-bond donors (Lipinski definition) is 0. The van der Waals surface area contributed by atoms with E-state index in [0.29, 0.717) is 0 Å². The van der Waals surface area contributed by atoms with Gasteiger partial charge in [-0.25, -0.2) is 4.39 Å².